The van der Waals surface area contributed by atoms with Crippen LogP contribution in [-0.4, -0.2) is 52.9 Å². The maximum absolute atomic E-state index is 10.1. The summed E-state index contributed by atoms with van der Waals surface area (Å²) in [5, 5.41) is 16.4. The van der Waals surface area contributed by atoms with Crippen molar-refractivity contribution in [3.05, 3.63) is 12.7 Å². The molecule has 0 radical (unpaired) electrons. The van der Waals surface area contributed by atoms with Crippen LogP contribution in [0, 0.1) is 0 Å². The predicted molar refractivity (Wildman–Crippen MR) is 71.2 cm³/mol. The van der Waals surface area contributed by atoms with E-state index in [2.05, 4.69) is 15.0 Å². The fourth-order valence-electron chi connectivity index (χ4n) is 2.14. The van der Waals surface area contributed by atoms with Crippen molar-refractivity contribution in [3.63, 3.8) is 0 Å². The van der Waals surface area contributed by atoms with Gasteiger partial charge in [-0.05, 0) is 0 Å². The van der Waals surface area contributed by atoms with Gasteiger partial charge in [-0.1, -0.05) is 11.6 Å². The molecule has 3 rings (SSSR count). The van der Waals surface area contributed by atoms with Crippen LogP contribution in [0.5, 0.6) is 0 Å². The van der Waals surface area contributed by atoms with Crippen LogP contribution in [0.4, 0.5) is 5.82 Å². The number of anilines is 1. The highest BCUT2D eigenvalue weighted by molar-refractivity contribution is 6.32. The number of nitrogens with two attached hydrogens (primary N) is 1. The van der Waals surface area contributed by atoms with Gasteiger partial charge in [-0.15, -0.1) is 11.6 Å². The van der Waals surface area contributed by atoms with Gasteiger partial charge in [0.2, 0.25) is 0 Å². The molecule has 0 amide bonds. The molecular formula is C10H11Cl2N5O3. The smallest absolute Gasteiger partial charge is 0.187 e. The second-order valence-electron chi connectivity index (χ2n) is 4.41. The molecule has 1 saturated heterocycles. The number of ether oxygens (including phenoxy) is 1. The van der Waals surface area contributed by atoms with E-state index in [1.165, 1.54) is 17.2 Å². The number of aliphatic hydroxyl groups excluding tert-OH is 1. The first-order valence-corrected chi connectivity index (χ1v) is 6.53. The zero-order valence-corrected chi connectivity index (χ0v) is 11.5. The van der Waals surface area contributed by atoms with Gasteiger partial charge in [-0.3, -0.25) is 4.57 Å². The Hall–Kier alpha value is -1.19. The molecule has 4 N–H and O–H groups in total. The fourth-order valence-corrected chi connectivity index (χ4v) is 2.69. The lowest BCUT2D eigenvalue weighted by atomic mass is 10.1. The maximum Gasteiger partial charge on any atom is 0.187 e. The van der Waals surface area contributed by atoms with Crippen LogP contribution < -0.4 is 5.73 Å². The molecule has 20 heavy (non-hydrogen) atoms. The van der Waals surface area contributed by atoms with Crippen molar-refractivity contribution in [2.45, 2.75) is 22.8 Å². The van der Waals surface area contributed by atoms with Gasteiger partial charge in [-0.25, -0.2) is 15.0 Å². The molecule has 1 fully saturated rings. The summed E-state index contributed by atoms with van der Waals surface area (Å²) >= 11 is 12.1. The Morgan fingerprint density at radius 1 is 1.45 bits per heavy atom. The van der Waals surface area contributed by atoms with Crippen LogP contribution in [0.15, 0.2) is 12.7 Å². The quantitative estimate of drug-likeness (QED) is 0.657. The van der Waals surface area contributed by atoms with Crippen LogP contribution >= 0.6 is 23.2 Å². The van der Waals surface area contributed by atoms with E-state index in [9.17, 15) is 10.2 Å². The van der Waals surface area contributed by atoms with Gasteiger partial charge < -0.3 is 20.7 Å². The number of hydrogen-bond donors (Lipinski definition) is 3. The van der Waals surface area contributed by atoms with E-state index in [-0.39, 0.29) is 5.82 Å². The number of aliphatic hydroxyl groups is 2. The third-order valence-corrected chi connectivity index (χ3v) is 4.36. The van der Waals surface area contributed by atoms with Crippen molar-refractivity contribution in [3.8, 4) is 0 Å². The van der Waals surface area contributed by atoms with E-state index in [0.717, 1.165) is 0 Å². The van der Waals surface area contributed by atoms with Gasteiger partial charge in [0, 0.05) is 0 Å². The lowest BCUT2D eigenvalue weighted by molar-refractivity contribution is -0.0533. The molecule has 0 aromatic carbocycles. The van der Waals surface area contributed by atoms with Crippen LogP contribution in [0.25, 0.3) is 11.2 Å². The summed E-state index contributed by atoms with van der Waals surface area (Å²) in [5.41, 5.74) is 6.49. The number of rotatable bonds is 2. The molecule has 2 aromatic rings. The van der Waals surface area contributed by atoms with Crippen LogP contribution in [0.1, 0.15) is 6.23 Å². The van der Waals surface area contributed by atoms with E-state index in [1.54, 1.807) is 0 Å². The van der Waals surface area contributed by atoms with Crippen molar-refractivity contribution in [1.29, 1.82) is 0 Å². The molecule has 4 atom stereocenters. The number of nitrogen functional groups attached to an aromatic ring is 1. The van der Waals surface area contributed by atoms with Gasteiger partial charge in [-0.2, -0.15) is 0 Å². The lowest BCUT2D eigenvalue weighted by Crippen LogP contribution is -2.41. The number of hydrogen-bond acceptors (Lipinski definition) is 7. The minimum Gasteiger partial charge on any atom is -0.394 e. The maximum atomic E-state index is 10.1. The van der Waals surface area contributed by atoms with E-state index < -0.39 is 29.4 Å². The summed E-state index contributed by atoms with van der Waals surface area (Å²) in [6.07, 6.45) is 0.844. The summed E-state index contributed by atoms with van der Waals surface area (Å²) in [7, 11) is 0. The third kappa shape index (κ3) is 1.84. The molecule has 0 spiro atoms. The Labute approximate surface area is 123 Å². The number of halogens is 2. The number of aromatic nitrogens is 4. The minimum absolute atomic E-state index is 0.220. The molecule has 4 unspecified atom stereocenters. The van der Waals surface area contributed by atoms with Crippen LogP contribution in [0.2, 0.25) is 0 Å². The zero-order chi connectivity index (χ0) is 14.5. The van der Waals surface area contributed by atoms with Crippen molar-refractivity contribution in [2.75, 3.05) is 12.3 Å². The standard InChI is InChI=1S/C10H11Cl2N5O3/c11-6-9(20-4(1-18)10(6,12)19)17-3-16-5-7(13)14-2-15-8(5)17/h2-4,6,9,18-19H,1H2,(H2,13,14,15). The Morgan fingerprint density at radius 2 is 2.20 bits per heavy atom. The van der Waals surface area contributed by atoms with Gasteiger partial charge in [0.25, 0.3) is 0 Å². The normalized spacial score (nSPS) is 33.9. The van der Waals surface area contributed by atoms with Gasteiger partial charge in [0.15, 0.2) is 22.8 Å². The Bertz CT molecular complexity index is 649. The van der Waals surface area contributed by atoms with Crippen LogP contribution in [0.3, 0.4) is 0 Å². The first-order valence-electron chi connectivity index (χ1n) is 5.71. The van der Waals surface area contributed by atoms with Gasteiger partial charge >= 0.3 is 0 Å². The monoisotopic (exact) mass is 319 g/mol. The molecule has 1 aliphatic heterocycles. The first kappa shape index (κ1) is 13.8. The summed E-state index contributed by atoms with van der Waals surface area (Å²) in [6.45, 7) is -0.469. The average molecular weight is 320 g/mol. The first-order chi connectivity index (χ1) is 9.46. The minimum atomic E-state index is -1.89. The Kier molecular flexibility index (Phi) is 3.22. The molecular weight excluding hydrogens is 309 g/mol. The molecule has 108 valence electrons. The van der Waals surface area contributed by atoms with Gasteiger partial charge in [0.1, 0.15) is 23.3 Å². The summed E-state index contributed by atoms with van der Waals surface area (Å²) in [6, 6.07) is 0. The van der Waals surface area contributed by atoms with E-state index in [1.807, 2.05) is 0 Å². The average Bonchev–Trinajstić information content (AvgIpc) is 2.92. The summed E-state index contributed by atoms with van der Waals surface area (Å²) < 4.78 is 6.98. The molecule has 0 bridgehead atoms. The van der Waals surface area contributed by atoms with Crippen molar-refractivity contribution in [2.24, 2.45) is 0 Å². The number of nitrogens with zero attached hydrogens (tertiary/aromatic N) is 4. The SMILES string of the molecule is Nc1ncnc2c1ncn2C1OC(CO)C(O)(Cl)C1Cl. The highest BCUT2D eigenvalue weighted by atomic mass is 35.5. The van der Waals surface area contributed by atoms with Crippen molar-refractivity contribution in [1.82, 2.24) is 19.5 Å². The van der Waals surface area contributed by atoms with E-state index in [4.69, 9.17) is 33.7 Å². The second-order valence-corrected chi connectivity index (χ2v) is 5.49. The third-order valence-electron chi connectivity index (χ3n) is 3.22. The topological polar surface area (TPSA) is 119 Å². The lowest BCUT2D eigenvalue weighted by Gasteiger charge is -2.21. The Morgan fingerprint density at radius 3 is 2.85 bits per heavy atom. The van der Waals surface area contributed by atoms with Crippen molar-refractivity contribution >= 4 is 40.2 Å². The second kappa shape index (κ2) is 4.68. The highest BCUT2D eigenvalue weighted by Gasteiger charge is 2.55. The van der Waals surface area contributed by atoms with Crippen LogP contribution in [-0.2, 0) is 4.74 Å². The molecule has 10 heteroatoms. The highest BCUT2D eigenvalue weighted by Crippen LogP contribution is 2.44. The number of alkyl halides is 2. The predicted octanol–water partition coefficient (Wildman–Crippen LogP) is -0.167. The summed E-state index contributed by atoms with van der Waals surface area (Å²) in [5.74, 6) is 0.220. The summed E-state index contributed by atoms with van der Waals surface area (Å²) in [4.78, 5) is 12.0. The van der Waals surface area contributed by atoms with Gasteiger partial charge in [0.05, 0.1) is 12.9 Å². The largest absolute Gasteiger partial charge is 0.394 e. The Balaban J connectivity index is 2.06. The molecule has 3 heterocycles. The van der Waals surface area contributed by atoms with E-state index in [0.29, 0.717) is 11.2 Å². The molecule has 0 saturated carbocycles. The number of fused-ring (bicyclic) bond motifs is 1. The van der Waals surface area contributed by atoms with E-state index >= 15 is 0 Å². The fraction of sp³-hybridized carbons (Fsp3) is 0.500. The van der Waals surface area contributed by atoms with Crippen molar-refractivity contribution < 1.29 is 14.9 Å². The molecule has 1 aliphatic rings. The molecule has 8 nitrogen and oxygen atoms in total. The zero-order valence-electron chi connectivity index (χ0n) is 10.0. The number of imidazole rings is 1. The molecule has 2 aromatic heterocycles. The molecule has 0 aliphatic carbocycles.